The van der Waals surface area contributed by atoms with E-state index in [0.29, 0.717) is 5.56 Å². The highest BCUT2D eigenvalue weighted by molar-refractivity contribution is 6.12. The van der Waals surface area contributed by atoms with E-state index in [1.807, 2.05) is 30.4 Å². The number of halogens is 1. The minimum absolute atomic E-state index is 0.0621. The van der Waals surface area contributed by atoms with Gasteiger partial charge in [0.15, 0.2) is 0 Å². The molecular formula is C22H21FN4O. The van der Waals surface area contributed by atoms with E-state index in [0.717, 1.165) is 28.1 Å². The molecule has 2 aromatic rings. The van der Waals surface area contributed by atoms with Gasteiger partial charge in [0, 0.05) is 36.3 Å². The summed E-state index contributed by atoms with van der Waals surface area (Å²) < 4.78 is 13.7. The second-order valence-corrected chi connectivity index (χ2v) is 6.45. The van der Waals surface area contributed by atoms with Crippen LogP contribution in [0.4, 0.5) is 4.39 Å². The van der Waals surface area contributed by atoms with Crippen molar-refractivity contribution in [2.24, 2.45) is 21.6 Å². The number of aryl methyl sites for hydroxylation is 1. The summed E-state index contributed by atoms with van der Waals surface area (Å²) in [5.74, 6) is -0.900. The van der Waals surface area contributed by atoms with Crippen molar-refractivity contribution in [2.75, 3.05) is 13.6 Å². The van der Waals surface area contributed by atoms with Gasteiger partial charge in [-0.2, -0.15) is 0 Å². The Morgan fingerprint density at radius 1 is 1.32 bits per heavy atom. The Bertz CT molecular complexity index is 1020. The SMILES string of the molecule is C/N=C1/C=CC(c2cccnc2-c2ccc(F)c(C)c2)=CC1/C=N/CC(N)=O. The zero-order valence-electron chi connectivity index (χ0n) is 15.8. The van der Waals surface area contributed by atoms with Gasteiger partial charge in [-0.05, 0) is 48.4 Å². The van der Waals surface area contributed by atoms with Crippen LogP contribution in [0, 0.1) is 18.7 Å². The Kier molecular flexibility index (Phi) is 5.89. The molecule has 0 bridgehead atoms. The number of amides is 1. The van der Waals surface area contributed by atoms with Crippen molar-refractivity contribution >= 4 is 23.4 Å². The van der Waals surface area contributed by atoms with Crippen LogP contribution in [-0.2, 0) is 4.79 Å². The van der Waals surface area contributed by atoms with Gasteiger partial charge in [0.1, 0.15) is 12.4 Å². The normalized spacial score (nSPS) is 17.9. The lowest BCUT2D eigenvalue weighted by Gasteiger charge is -2.17. The van der Waals surface area contributed by atoms with E-state index in [-0.39, 0.29) is 18.3 Å². The van der Waals surface area contributed by atoms with E-state index in [1.165, 1.54) is 6.07 Å². The number of pyridine rings is 1. The number of carbonyl (C=O) groups excluding carboxylic acids is 1. The van der Waals surface area contributed by atoms with E-state index < -0.39 is 5.91 Å². The van der Waals surface area contributed by atoms with Gasteiger partial charge in [0.25, 0.3) is 0 Å². The Hall–Kier alpha value is -3.41. The molecule has 1 amide bonds. The first-order valence-electron chi connectivity index (χ1n) is 8.86. The lowest BCUT2D eigenvalue weighted by atomic mass is 9.89. The van der Waals surface area contributed by atoms with Gasteiger partial charge in [0.05, 0.1) is 11.6 Å². The smallest absolute Gasteiger partial charge is 0.239 e. The number of benzene rings is 1. The second kappa shape index (κ2) is 8.52. The van der Waals surface area contributed by atoms with Gasteiger partial charge in [-0.25, -0.2) is 4.39 Å². The number of hydrogen-bond acceptors (Lipinski definition) is 4. The number of hydrogen-bond donors (Lipinski definition) is 1. The number of aromatic nitrogens is 1. The van der Waals surface area contributed by atoms with Crippen molar-refractivity contribution in [3.63, 3.8) is 0 Å². The molecule has 0 saturated carbocycles. The van der Waals surface area contributed by atoms with Crippen LogP contribution >= 0.6 is 0 Å². The van der Waals surface area contributed by atoms with E-state index >= 15 is 0 Å². The summed E-state index contributed by atoms with van der Waals surface area (Å²) in [6.07, 6.45) is 9.30. The number of allylic oxidation sites excluding steroid dienone is 4. The highest BCUT2D eigenvalue weighted by atomic mass is 19.1. The predicted molar refractivity (Wildman–Crippen MR) is 111 cm³/mol. The van der Waals surface area contributed by atoms with Gasteiger partial charge in [0.2, 0.25) is 5.91 Å². The molecule has 0 fully saturated rings. The molecule has 1 aromatic carbocycles. The Morgan fingerprint density at radius 2 is 2.14 bits per heavy atom. The van der Waals surface area contributed by atoms with Crippen LogP contribution in [0.5, 0.6) is 0 Å². The average molecular weight is 376 g/mol. The molecule has 1 aliphatic carbocycles. The highest BCUT2D eigenvalue weighted by Gasteiger charge is 2.18. The minimum atomic E-state index is -0.483. The van der Waals surface area contributed by atoms with E-state index in [1.54, 1.807) is 38.5 Å². The van der Waals surface area contributed by atoms with Crippen molar-refractivity contribution in [1.82, 2.24) is 4.98 Å². The highest BCUT2D eigenvalue weighted by Crippen LogP contribution is 2.31. The van der Waals surface area contributed by atoms with E-state index in [2.05, 4.69) is 15.0 Å². The quantitative estimate of drug-likeness (QED) is 0.812. The molecule has 28 heavy (non-hydrogen) atoms. The van der Waals surface area contributed by atoms with Crippen molar-refractivity contribution in [3.05, 3.63) is 71.7 Å². The molecule has 0 aliphatic heterocycles. The topological polar surface area (TPSA) is 80.7 Å². The number of nitrogens with two attached hydrogens (primary N) is 1. The summed E-state index contributed by atoms with van der Waals surface area (Å²) in [6.45, 7) is 1.67. The second-order valence-electron chi connectivity index (χ2n) is 6.45. The Balaban J connectivity index is 2.02. The van der Waals surface area contributed by atoms with Crippen LogP contribution < -0.4 is 5.73 Å². The molecule has 3 rings (SSSR count). The molecule has 1 aromatic heterocycles. The van der Waals surface area contributed by atoms with E-state index in [9.17, 15) is 9.18 Å². The maximum atomic E-state index is 13.7. The van der Waals surface area contributed by atoms with Crippen molar-refractivity contribution in [3.8, 4) is 11.3 Å². The molecule has 1 atom stereocenters. The van der Waals surface area contributed by atoms with Crippen LogP contribution in [0.3, 0.4) is 0 Å². The van der Waals surface area contributed by atoms with Crippen LogP contribution in [0.15, 0.2) is 64.7 Å². The third kappa shape index (κ3) is 4.28. The Labute approximate surface area is 163 Å². The average Bonchev–Trinajstić information content (AvgIpc) is 2.70. The fraction of sp³-hybridized carbons (Fsp3) is 0.182. The Morgan fingerprint density at radius 3 is 2.86 bits per heavy atom. The van der Waals surface area contributed by atoms with Crippen LogP contribution in [0.2, 0.25) is 0 Å². The van der Waals surface area contributed by atoms with Crippen molar-refractivity contribution in [1.29, 1.82) is 0 Å². The molecule has 5 nitrogen and oxygen atoms in total. The predicted octanol–water partition coefficient (Wildman–Crippen LogP) is 3.39. The fourth-order valence-electron chi connectivity index (χ4n) is 3.06. The maximum absolute atomic E-state index is 13.7. The summed E-state index contributed by atoms with van der Waals surface area (Å²) >= 11 is 0. The van der Waals surface area contributed by atoms with Gasteiger partial charge < -0.3 is 5.73 Å². The standard InChI is InChI=1S/C22H21FN4O/c1-14-10-16(5-7-19(14)23)22-18(4-3-9-27-22)15-6-8-20(25-2)17(11-15)12-26-13-21(24)28/h3-12,17H,13H2,1-2H3,(H2,24,28)/b25-20-,26-12+. The summed E-state index contributed by atoms with van der Waals surface area (Å²) in [6, 6.07) is 8.81. The number of aliphatic imine (C=N–C) groups is 2. The zero-order chi connectivity index (χ0) is 20.1. The number of nitrogens with zero attached hydrogens (tertiary/aromatic N) is 3. The molecule has 0 radical (unpaired) electrons. The lowest BCUT2D eigenvalue weighted by molar-refractivity contribution is -0.116. The van der Waals surface area contributed by atoms with Crippen LogP contribution in [0.25, 0.3) is 16.8 Å². The maximum Gasteiger partial charge on any atom is 0.239 e. The molecule has 1 heterocycles. The summed E-state index contributed by atoms with van der Waals surface area (Å²) in [5.41, 5.74) is 10.0. The molecule has 1 aliphatic rings. The summed E-state index contributed by atoms with van der Waals surface area (Å²) in [5, 5.41) is 0. The molecule has 1 unspecified atom stereocenters. The molecule has 142 valence electrons. The van der Waals surface area contributed by atoms with Gasteiger partial charge in [-0.15, -0.1) is 0 Å². The minimum Gasteiger partial charge on any atom is -0.368 e. The monoisotopic (exact) mass is 376 g/mol. The molecule has 2 N–H and O–H groups in total. The molecular weight excluding hydrogens is 355 g/mol. The summed E-state index contributed by atoms with van der Waals surface area (Å²) in [7, 11) is 1.71. The van der Waals surface area contributed by atoms with Crippen molar-refractivity contribution < 1.29 is 9.18 Å². The van der Waals surface area contributed by atoms with Crippen LogP contribution in [0.1, 0.15) is 11.1 Å². The van der Waals surface area contributed by atoms with Crippen molar-refractivity contribution in [2.45, 2.75) is 6.92 Å². The van der Waals surface area contributed by atoms with Gasteiger partial charge >= 0.3 is 0 Å². The van der Waals surface area contributed by atoms with Crippen LogP contribution in [-0.4, -0.2) is 36.4 Å². The fourth-order valence-corrected chi connectivity index (χ4v) is 3.06. The first-order chi connectivity index (χ1) is 13.5. The van der Waals surface area contributed by atoms with Gasteiger partial charge in [-0.3, -0.25) is 19.8 Å². The largest absolute Gasteiger partial charge is 0.368 e. The molecule has 0 spiro atoms. The summed E-state index contributed by atoms with van der Waals surface area (Å²) in [4.78, 5) is 23.9. The van der Waals surface area contributed by atoms with E-state index in [4.69, 9.17) is 5.73 Å². The van der Waals surface area contributed by atoms with Gasteiger partial charge in [-0.1, -0.05) is 18.2 Å². The number of carbonyl (C=O) groups is 1. The zero-order valence-corrected chi connectivity index (χ0v) is 15.8. The third-order valence-corrected chi connectivity index (χ3v) is 4.46. The first kappa shape index (κ1) is 19.4. The first-order valence-corrected chi connectivity index (χ1v) is 8.86. The molecule has 6 heteroatoms. The number of primary amides is 1. The third-order valence-electron chi connectivity index (χ3n) is 4.46. The lowest BCUT2D eigenvalue weighted by Crippen LogP contribution is -2.18. The number of rotatable bonds is 5. The molecule has 0 saturated heterocycles.